The van der Waals surface area contributed by atoms with Crippen molar-refractivity contribution < 1.29 is 46.7 Å². The monoisotopic (exact) mass is 650 g/mol. The van der Waals surface area contributed by atoms with Gasteiger partial charge < -0.3 is 36.0 Å². The minimum absolute atomic E-state index is 0.0552. The Bertz CT molecular complexity index is 1670. The Balaban J connectivity index is 1.43. The number of aliphatic carboxylic acids is 1. The summed E-state index contributed by atoms with van der Waals surface area (Å²) in [7, 11) is -3.14. The molecule has 1 aliphatic rings. The number of aryl methyl sites for hydroxylation is 2. The minimum Gasteiger partial charge on any atom is -0.731 e. The maximum atomic E-state index is 13.0. The molecule has 0 spiro atoms. The molecule has 19 heteroatoms. The number of hydrogen-bond acceptors (Lipinski definition) is 13. The van der Waals surface area contributed by atoms with Gasteiger partial charge in [0.15, 0.2) is 28.2 Å². The molecule has 0 bridgehead atoms. The lowest BCUT2D eigenvalue weighted by Gasteiger charge is -2.45. The summed E-state index contributed by atoms with van der Waals surface area (Å²) in [5.41, 5.74) is 12.5. The van der Waals surface area contributed by atoms with Gasteiger partial charge in [0.05, 0.1) is 24.3 Å². The molecule has 1 aliphatic heterocycles. The van der Waals surface area contributed by atoms with Crippen molar-refractivity contribution in [3.05, 3.63) is 47.7 Å². The van der Waals surface area contributed by atoms with E-state index in [0.717, 1.165) is 35.4 Å². The molecular weight excluding hydrogens is 620 g/mol. The van der Waals surface area contributed by atoms with Crippen molar-refractivity contribution in [1.29, 1.82) is 0 Å². The fourth-order valence-corrected chi connectivity index (χ4v) is 5.68. The molecule has 0 saturated carbocycles. The number of rotatable bonds is 14. The molecule has 1 fully saturated rings. The van der Waals surface area contributed by atoms with Crippen LogP contribution in [0.5, 0.6) is 5.75 Å². The Hall–Kier alpha value is -4.59. The summed E-state index contributed by atoms with van der Waals surface area (Å²) in [6, 6.07) is 4.41. The predicted octanol–water partition coefficient (Wildman–Crippen LogP) is -1.20. The molecular formula is C25H30N8O9S2. The number of benzene rings is 1. The lowest BCUT2D eigenvalue weighted by atomic mass is 10.0. The van der Waals surface area contributed by atoms with Crippen LogP contribution in [0.4, 0.5) is 5.13 Å². The van der Waals surface area contributed by atoms with E-state index in [2.05, 4.69) is 15.5 Å². The number of thiazole rings is 1. The Labute approximate surface area is 255 Å². The molecule has 6 N–H and O–H groups in total. The smallest absolute Gasteiger partial charge is 0.351 e. The first-order valence-corrected chi connectivity index (χ1v) is 15.3. The fraction of sp³-hybridized carbons (Fsp3) is 0.360. The Morgan fingerprint density at radius 3 is 2.57 bits per heavy atom. The Morgan fingerprint density at radius 2 is 2.00 bits per heavy atom. The van der Waals surface area contributed by atoms with Crippen LogP contribution in [-0.2, 0) is 43.1 Å². The molecule has 2 amide bonds. The minimum atomic E-state index is -5.07. The van der Waals surface area contributed by atoms with Crippen molar-refractivity contribution in [2.45, 2.75) is 38.1 Å². The maximum Gasteiger partial charge on any atom is 0.351 e. The first-order valence-electron chi connectivity index (χ1n) is 13.1. The lowest BCUT2D eigenvalue weighted by Crippen LogP contribution is -2.71. The topological polar surface area (TPSA) is 248 Å². The predicted molar refractivity (Wildman–Crippen MR) is 154 cm³/mol. The number of carboxylic acid groups (broad SMARTS) is 1. The van der Waals surface area contributed by atoms with Crippen molar-refractivity contribution in [2.75, 3.05) is 18.9 Å². The summed E-state index contributed by atoms with van der Waals surface area (Å²) in [5.74, 6) is -3.29. The van der Waals surface area contributed by atoms with E-state index in [1.165, 1.54) is 12.3 Å². The first-order chi connectivity index (χ1) is 20.8. The van der Waals surface area contributed by atoms with Gasteiger partial charge in [-0.25, -0.2) is 22.5 Å². The molecule has 4 rings (SSSR count). The van der Waals surface area contributed by atoms with Crippen LogP contribution in [0.15, 0.2) is 47.2 Å². The number of ether oxygens (including phenoxy) is 1. The number of aromatic nitrogens is 3. The molecule has 0 unspecified atom stereocenters. The third kappa shape index (κ3) is 7.30. The Morgan fingerprint density at radius 1 is 1.30 bits per heavy atom. The second kappa shape index (κ2) is 13.4. The lowest BCUT2D eigenvalue weighted by molar-refractivity contribution is -0.753. The molecule has 0 radical (unpaired) electrons. The second-order valence-corrected chi connectivity index (χ2v) is 11.8. The van der Waals surface area contributed by atoms with Crippen LogP contribution in [0.3, 0.4) is 0 Å². The van der Waals surface area contributed by atoms with Crippen molar-refractivity contribution in [3.8, 4) is 16.9 Å². The van der Waals surface area contributed by atoms with Gasteiger partial charge in [-0.15, -0.1) is 16.0 Å². The van der Waals surface area contributed by atoms with Crippen LogP contribution in [0.2, 0.25) is 0 Å². The fourth-order valence-electron chi connectivity index (χ4n) is 4.27. The summed E-state index contributed by atoms with van der Waals surface area (Å²) in [4.78, 5) is 46.2. The van der Waals surface area contributed by atoms with Crippen molar-refractivity contribution >= 4 is 50.3 Å². The SMILES string of the molecule is C[C@@H]1[C@H](NC(=O)/C(=N\O[C@@H](COc2ccc(-c3cn(CCCN)[n+](C)c3)cc2)C(=O)O)c2csc(N)n2)C(=O)N1S(=O)(=O)[O-]. The molecule has 1 saturated heterocycles. The number of carbonyl (C=O) groups excluding carboxylic acids is 2. The number of amides is 2. The summed E-state index contributed by atoms with van der Waals surface area (Å²) in [6.07, 6.45) is 3.12. The molecule has 2 aromatic heterocycles. The zero-order valence-corrected chi connectivity index (χ0v) is 25.2. The Kier molecular flexibility index (Phi) is 9.82. The van der Waals surface area contributed by atoms with E-state index in [0.29, 0.717) is 12.3 Å². The van der Waals surface area contributed by atoms with E-state index >= 15 is 0 Å². The van der Waals surface area contributed by atoms with Gasteiger partial charge in [0.2, 0.25) is 6.20 Å². The average Bonchev–Trinajstić information content (AvgIpc) is 3.56. The molecule has 44 heavy (non-hydrogen) atoms. The number of nitrogens with one attached hydrogen (secondary N) is 1. The number of carboxylic acids is 1. The number of nitrogens with zero attached hydrogens (tertiary/aromatic N) is 5. The summed E-state index contributed by atoms with van der Waals surface area (Å²) >= 11 is 0.952. The highest BCUT2D eigenvalue weighted by atomic mass is 32.2. The van der Waals surface area contributed by atoms with E-state index in [-0.39, 0.29) is 15.1 Å². The number of β-lactam (4-membered cyclic amide) rings is 1. The highest BCUT2D eigenvalue weighted by Crippen LogP contribution is 2.24. The van der Waals surface area contributed by atoms with Gasteiger partial charge in [-0.2, -0.15) is 4.68 Å². The molecule has 0 aliphatic carbocycles. The summed E-state index contributed by atoms with van der Waals surface area (Å²) < 4.78 is 43.4. The number of nitrogens with two attached hydrogens (primary N) is 2. The number of oxime groups is 1. The van der Waals surface area contributed by atoms with Gasteiger partial charge in [-0.3, -0.25) is 9.59 Å². The van der Waals surface area contributed by atoms with Crippen LogP contribution in [0.25, 0.3) is 11.1 Å². The molecule has 236 valence electrons. The van der Waals surface area contributed by atoms with Crippen LogP contribution >= 0.6 is 11.3 Å². The van der Waals surface area contributed by atoms with Crippen LogP contribution < -0.4 is 26.2 Å². The van der Waals surface area contributed by atoms with Crippen LogP contribution in [0.1, 0.15) is 19.0 Å². The van der Waals surface area contributed by atoms with E-state index < -0.39 is 58.6 Å². The zero-order chi connectivity index (χ0) is 32.2. The normalized spacial score (nSPS) is 17.6. The number of nitrogen functional groups attached to an aromatic ring is 1. The number of carbonyl (C=O) groups is 3. The zero-order valence-electron chi connectivity index (χ0n) is 23.5. The van der Waals surface area contributed by atoms with Gasteiger partial charge in [-0.1, -0.05) is 17.3 Å². The van der Waals surface area contributed by atoms with E-state index in [1.54, 1.807) is 12.1 Å². The van der Waals surface area contributed by atoms with Crippen molar-refractivity contribution in [1.82, 2.24) is 19.3 Å². The third-order valence-corrected chi connectivity index (χ3v) is 8.26. The maximum absolute atomic E-state index is 13.0. The van der Waals surface area contributed by atoms with E-state index in [4.69, 9.17) is 21.0 Å². The quantitative estimate of drug-likeness (QED) is 0.0528. The molecule has 3 heterocycles. The standard InChI is InChI=1S/C25H30N8O9S2/c1-14-20(23(35)33(14)44(38,39)40)29-22(34)21(18-13-43-25(27)28-18)30-42-19(24(36)37)12-41-17-6-4-15(5-7-17)16-10-31(2)32(11-16)9-3-8-26/h4-7,10-11,13-14,19-20H,3,8-9,12,26H2,1-2H3,(H4-,27,28,29,34,36,37,38,39,40)/b30-21-/t14-,19+,20+/m1/s1. The van der Waals surface area contributed by atoms with Crippen LogP contribution in [-0.4, -0.2) is 86.9 Å². The summed E-state index contributed by atoms with van der Waals surface area (Å²) in [5, 5.41) is 17.0. The highest BCUT2D eigenvalue weighted by Gasteiger charge is 2.49. The number of hydrogen-bond donors (Lipinski definition) is 4. The molecule has 3 aromatic rings. The second-order valence-electron chi connectivity index (χ2n) is 9.65. The highest BCUT2D eigenvalue weighted by molar-refractivity contribution is 7.84. The van der Waals surface area contributed by atoms with E-state index in [1.807, 2.05) is 40.9 Å². The van der Waals surface area contributed by atoms with Gasteiger partial charge in [0, 0.05) is 5.38 Å². The first kappa shape index (κ1) is 32.3. The van der Waals surface area contributed by atoms with Gasteiger partial charge in [-0.05, 0) is 37.6 Å². The summed E-state index contributed by atoms with van der Waals surface area (Å²) in [6.45, 7) is 2.11. The van der Waals surface area contributed by atoms with Gasteiger partial charge in [0.1, 0.15) is 24.1 Å². The van der Waals surface area contributed by atoms with Crippen molar-refractivity contribution in [3.63, 3.8) is 0 Å². The average molecular weight is 651 g/mol. The van der Waals surface area contributed by atoms with Crippen LogP contribution in [0, 0.1) is 0 Å². The van der Waals surface area contributed by atoms with E-state index in [9.17, 15) is 32.5 Å². The largest absolute Gasteiger partial charge is 0.731 e. The van der Waals surface area contributed by atoms with Gasteiger partial charge >= 0.3 is 5.97 Å². The molecule has 17 nitrogen and oxygen atoms in total. The molecule has 1 aromatic carbocycles. The molecule has 3 atom stereocenters. The third-order valence-electron chi connectivity index (χ3n) is 6.59. The van der Waals surface area contributed by atoms with Gasteiger partial charge in [0.25, 0.3) is 17.9 Å². The number of anilines is 1. The van der Waals surface area contributed by atoms with Crippen molar-refractivity contribution in [2.24, 2.45) is 17.9 Å².